The first-order valence-corrected chi connectivity index (χ1v) is 8.05. The highest BCUT2D eigenvalue weighted by molar-refractivity contribution is 7.89. The Morgan fingerprint density at radius 3 is 2.48 bits per heavy atom. The van der Waals surface area contributed by atoms with Crippen LogP contribution in [0.3, 0.4) is 0 Å². The molecule has 0 spiro atoms. The van der Waals surface area contributed by atoms with Crippen LogP contribution in [0.25, 0.3) is 0 Å². The van der Waals surface area contributed by atoms with E-state index in [4.69, 9.17) is 0 Å². The molecule has 0 bridgehead atoms. The van der Waals surface area contributed by atoms with Gasteiger partial charge in [0.2, 0.25) is 15.9 Å². The number of rotatable bonds is 6. The minimum Gasteiger partial charge on any atom is -0.345 e. The van der Waals surface area contributed by atoms with Gasteiger partial charge in [-0.3, -0.25) is 9.59 Å². The highest BCUT2D eigenvalue weighted by atomic mass is 32.2. The van der Waals surface area contributed by atoms with Crippen LogP contribution in [0.5, 0.6) is 0 Å². The molecule has 0 aliphatic carbocycles. The molecule has 1 rings (SSSR count). The average Bonchev–Trinajstić information content (AvgIpc) is 2.45. The summed E-state index contributed by atoms with van der Waals surface area (Å²) < 4.78 is 26.8. The van der Waals surface area contributed by atoms with Crippen LogP contribution in [0, 0.1) is 0 Å². The number of carbonyl (C=O) groups excluding carboxylic acids is 2. The lowest BCUT2D eigenvalue weighted by atomic mass is 10.2. The van der Waals surface area contributed by atoms with Gasteiger partial charge < -0.3 is 4.90 Å². The van der Waals surface area contributed by atoms with Crippen molar-refractivity contribution in [1.82, 2.24) is 9.62 Å². The molecular formula is C14H20N2O4S. The van der Waals surface area contributed by atoms with Crippen molar-refractivity contribution in [1.29, 1.82) is 0 Å². The summed E-state index contributed by atoms with van der Waals surface area (Å²) in [5.41, 5.74) is 0.308. The van der Waals surface area contributed by atoms with Crippen LogP contribution in [0.15, 0.2) is 29.2 Å². The fourth-order valence-corrected chi connectivity index (χ4v) is 2.96. The summed E-state index contributed by atoms with van der Waals surface area (Å²) in [5, 5.41) is 0. The van der Waals surface area contributed by atoms with E-state index in [0.717, 1.165) is 0 Å². The monoisotopic (exact) mass is 312 g/mol. The van der Waals surface area contributed by atoms with E-state index in [1.165, 1.54) is 36.9 Å². The van der Waals surface area contributed by atoms with Crippen molar-refractivity contribution in [3.63, 3.8) is 0 Å². The fraction of sp³-hybridized carbons (Fsp3) is 0.429. The van der Waals surface area contributed by atoms with E-state index in [1.807, 2.05) is 0 Å². The first-order valence-electron chi connectivity index (χ1n) is 6.57. The summed E-state index contributed by atoms with van der Waals surface area (Å²) in [7, 11) is -2.25. The lowest BCUT2D eigenvalue weighted by Gasteiger charge is -2.20. The molecule has 0 heterocycles. The number of hydrogen-bond donors (Lipinski definition) is 1. The van der Waals surface area contributed by atoms with Gasteiger partial charge in [0.1, 0.15) is 0 Å². The molecule has 1 unspecified atom stereocenters. The van der Waals surface area contributed by atoms with Crippen LogP contribution in [-0.2, 0) is 14.8 Å². The van der Waals surface area contributed by atoms with E-state index in [-0.39, 0.29) is 16.6 Å². The number of hydrogen-bond acceptors (Lipinski definition) is 4. The molecule has 6 nitrogen and oxygen atoms in total. The lowest BCUT2D eigenvalue weighted by molar-refractivity contribution is -0.131. The largest absolute Gasteiger partial charge is 0.345 e. The smallest absolute Gasteiger partial charge is 0.241 e. The van der Waals surface area contributed by atoms with Crippen LogP contribution in [0.4, 0.5) is 0 Å². The summed E-state index contributed by atoms with van der Waals surface area (Å²) in [5.74, 6) is -0.536. The topological polar surface area (TPSA) is 83.6 Å². The van der Waals surface area contributed by atoms with Gasteiger partial charge in [0.25, 0.3) is 0 Å². The molecule has 0 saturated heterocycles. The normalized spacial score (nSPS) is 12.8. The number of sulfonamides is 1. The number of ketones is 1. The van der Waals surface area contributed by atoms with Gasteiger partial charge >= 0.3 is 0 Å². The van der Waals surface area contributed by atoms with Crippen molar-refractivity contribution in [3.05, 3.63) is 29.8 Å². The molecule has 1 aromatic carbocycles. The van der Waals surface area contributed by atoms with E-state index in [2.05, 4.69) is 4.72 Å². The molecule has 1 atom stereocenters. The van der Waals surface area contributed by atoms with Crippen LogP contribution < -0.4 is 4.72 Å². The number of amides is 1. The van der Waals surface area contributed by atoms with Crippen molar-refractivity contribution < 1.29 is 18.0 Å². The standard InChI is InChI=1S/C14H20N2O4S/c1-5-16(4)14(18)10(2)15-21(19,20)13-8-6-7-12(9-13)11(3)17/h6-10,15H,5H2,1-4H3. The predicted octanol–water partition coefficient (Wildman–Crippen LogP) is 1.03. The SMILES string of the molecule is CCN(C)C(=O)C(C)NS(=O)(=O)c1cccc(C(C)=O)c1. The third-order valence-electron chi connectivity index (χ3n) is 3.10. The van der Waals surface area contributed by atoms with E-state index in [0.29, 0.717) is 12.1 Å². The van der Waals surface area contributed by atoms with Gasteiger partial charge in [0.05, 0.1) is 10.9 Å². The molecule has 0 radical (unpaired) electrons. The minimum absolute atomic E-state index is 0.0333. The van der Waals surface area contributed by atoms with Gasteiger partial charge in [-0.05, 0) is 32.9 Å². The Kier molecular flexibility index (Phi) is 5.62. The number of Topliss-reactive ketones (excluding diaryl/α,β-unsaturated/α-hetero) is 1. The molecule has 7 heteroatoms. The van der Waals surface area contributed by atoms with Crippen molar-refractivity contribution in [2.24, 2.45) is 0 Å². The van der Waals surface area contributed by atoms with Gasteiger partial charge in [0, 0.05) is 19.2 Å². The van der Waals surface area contributed by atoms with Crippen molar-refractivity contribution in [2.75, 3.05) is 13.6 Å². The second-order valence-electron chi connectivity index (χ2n) is 4.78. The highest BCUT2D eigenvalue weighted by Crippen LogP contribution is 2.12. The Hall–Kier alpha value is -1.73. The maximum atomic E-state index is 12.2. The summed E-state index contributed by atoms with van der Waals surface area (Å²) in [6, 6.07) is 4.85. The zero-order valence-electron chi connectivity index (χ0n) is 12.6. The Morgan fingerprint density at radius 1 is 1.33 bits per heavy atom. The van der Waals surface area contributed by atoms with Gasteiger partial charge in [-0.15, -0.1) is 0 Å². The molecule has 1 aromatic rings. The molecule has 21 heavy (non-hydrogen) atoms. The molecule has 116 valence electrons. The first-order chi connectivity index (χ1) is 9.69. The van der Waals surface area contributed by atoms with Crippen molar-refractivity contribution in [2.45, 2.75) is 31.7 Å². The first kappa shape index (κ1) is 17.3. The van der Waals surface area contributed by atoms with Gasteiger partial charge in [-0.1, -0.05) is 12.1 Å². The third kappa shape index (κ3) is 4.37. The molecule has 1 amide bonds. The maximum absolute atomic E-state index is 12.2. The second kappa shape index (κ2) is 6.82. The van der Waals surface area contributed by atoms with E-state index in [1.54, 1.807) is 20.0 Å². The molecule has 0 aliphatic heterocycles. The quantitative estimate of drug-likeness (QED) is 0.795. The summed E-state index contributed by atoms with van der Waals surface area (Å²) in [6.07, 6.45) is 0. The average molecular weight is 312 g/mol. The highest BCUT2D eigenvalue weighted by Gasteiger charge is 2.24. The third-order valence-corrected chi connectivity index (χ3v) is 4.64. The number of nitrogens with zero attached hydrogens (tertiary/aromatic N) is 1. The van der Waals surface area contributed by atoms with Crippen LogP contribution in [0.2, 0.25) is 0 Å². The van der Waals surface area contributed by atoms with Gasteiger partial charge in [-0.25, -0.2) is 8.42 Å². The predicted molar refractivity (Wildman–Crippen MR) is 79.5 cm³/mol. The number of nitrogens with one attached hydrogen (secondary N) is 1. The summed E-state index contributed by atoms with van der Waals surface area (Å²) in [6.45, 7) is 5.14. The Morgan fingerprint density at radius 2 is 1.95 bits per heavy atom. The van der Waals surface area contributed by atoms with Crippen LogP contribution in [-0.4, -0.2) is 44.6 Å². The summed E-state index contributed by atoms with van der Waals surface area (Å²) in [4.78, 5) is 24.6. The molecule has 1 N–H and O–H groups in total. The van der Waals surface area contributed by atoms with Crippen LogP contribution >= 0.6 is 0 Å². The van der Waals surface area contributed by atoms with Gasteiger partial charge in [-0.2, -0.15) is 4.72 Å². The van der Waals surface area contributed by atoms with Gasteiger partial charge in [0.15, 0.2) is 5.78 Å². The molecule has 0 aliphatic rings. The number of benzene rings is 1. The van der Waals surface area contributed by atoms with Crippen molar-refractivity contribution in [3.8, 4) is 0 Å². The molecule has 0 aromatic heterocycles. The molecular weight excluding hydrogens is 292 g/mol. The Balaban J connectivity index is 2.99. The zero-order valence-corrected chi connectivity index (χ0v) is 13.4. The summed E-state index contributed by atoms with van der Waals surface area (Å²) >= 11 is 0. The lowest BCUT2D eigenvalue weighted by Crippen LogP contribution is -2.45. The van der Waals surface area contributed by atoms with Crippen molar-refractivity contribution >= 4 is 21.7 Å². The van der Waals surface area contributed by atoms with Crippen LogP contribution in [0.1, 0.15) is 31.1 Å². The zero-order chi connectivity index (χ0) is 16.2. The molecule has 0 saturated carbocycles. The van der Waals surface area contributed by atoms with E-state index < -0.39 is 16.1 Å². The van der Waals surface area contributed by atoms with E-state index >= 15 is 0 Å². The second-order valence-corrected chi connectivity index (χ2v) is 6.49. The fourth-order valence-electron chi connectivity index (χ4n) is 1.72. The minimum atomic E-state index is -3.85. The number of likely N-dealkylation sites (N-methyl/N-ethyl adjacent to an activating group) is 1. The molecule has 0 fully saturated rings. The Bertz CT molecular complexity index is 640. The maximum Gasteiger partial charge on any atom is 0.241 e. The Labute approximate surface area is 125 Å². The van der Waals surface area contributed by atoms with E-state index in [9.17, 15) is 18.0 Å². The number of carbonyl (C=O) groups is 2.